The Morgan fingerprint density at radius 3 is 2.89 bits per heavy atom. The second kappa shape index (κ2) is 4.73. The van der Waals surface area contributed by atoms with Gasteiger partial charge in [-0.3, -0.25) is 4.79 Å². The number of nitrogens with one attached hydrogen (secondary N) is 2. The molecule has 2 N–H and O–H groups in total. The lowest BCUT2D eigenvalue weighted by Crippen LogP contribution is -2.48. The second-order valence-corrected chi connectivity index (χ2v) is 5.43. The Morgan fingerprint density at radius 1 is 1.39 bits per heavy atom. The van der Waals surface area contributed by atoms with E-state index in [1.54, 1.807) is 0 Å². The molecule has 3 atom stereocenters. The lowest BCUT2D eigenvalue weighted by molar-refractivity contribution is -0.123. The predicted molar refractivity (Wildman–Crippen MR) is 71.1 cm³/mol. The molecule has 0 aromatic heterocycles. The SMILES string of the molecule is CCC1CC1NC(=O)[C@@H]1Cc2ccccc2CN1. The third-order valence-corrected chi connectivity index (χ3v) is 4.17. The van der Waals surface area contributed by atoms with E-state index in [0.717, 1.165) is 19.4 Å². The van der Waals surface area contributed by atoms with Crippen molar-refractivity contribution in [2.75, 3.05) is 0 Å². The fourth-order valence-corrected chi connectivity index (χ4v) is 2.80. The summed E-state index contributed by atoms with van der Waals surface area (Å²) in [5.74, 6) is 0.885. The Morgan fingerprint density at radius 2 is 2.17 bits per heavy atom. The van der Waals surface area contributed by atoms with Crippen LogP contribution in [0.4, 0.5) is 0 Å². The first-order chi connectivity index (χ1) is 8.78. The minimum Gasteiger partial charge on any atom is -0.352 e. The molecule has 2 unspecified atom stereocenters. The molecule has 0 spiro atoms. The maximum absolute atomic E-state index is 12.1. The summed E-state index contributed by atoms with van der Waals surface area (Å²) in [4.78, 5) is 12.1. The number of amides is 1. The average Bonchev–Trinajstić information content (AvgIpc) is 3.16. The van der Waals surface area contributed by atoms with Crippen LogP contribution in [0.5, 0.6) is 0 Å². The topological polar surface area (TPSA) is 41.1 Å². The number of hydrogen-bond donors (Lipinski definition) is 2. The lowest BCUT2D eigenvalue weighted by atomic mass is 9.95. The number of carbonyl (C=O) groups excluding carboxylic acids is 1. The van der Waals surface area contributed by atoms with Crippen LogP contribution >= 0.6 is 0 Å². The first-order valence-corrected chi connectivity index (χ1v) is 6.88. The second-order valence-electron chi connectivity index (χ2n) is 5.43. The summed E-state index contributed by atoms with van der Waals surface area (Å²) >= 11 is 0. The van der Waals surface area contributed by atoms with Crippen molar-refractivity contribution in [3.63, 3.8) is 0 Å². The van der Waals surface area contributed by atoms with Gasteiger partial charge in [0.25, 0.3) is 0 Å². The normalized spacial score (nSPS) is 29.5. The Bertz CT molecular complexity index is 458. The van der Waals surface area contributed by atoms with Crippen LogP contribution in [0.3, 0.4) is 0 Å². The van der Waals surface area contributed by atoms with Gasteiger partial charge in [0.2, 0.25) is 5.91 Å². The van der Waals surface area contributed by atoms with E-state index in [2.05, 4.69) is 35.8 Å². The molecule has 3 nitrogen and oxygen atoms in total. The van der Waals surface area contributed by atoms with Gasteiger partial charge in [-0.1, -0.05) is 37.6 Å². The van der Waals surface area contributed by atoms with E-state index >= 15 is 0 Å². The van der Waals surface area contributed by atoms with Gasteiger partial charge in [-0.05, 0) is 29.9 Å². The highest BCUT2D eigenvalue weighted by Crippen LogP contribution is 2.33. The average molecular weight is 244 g/mol. The fourth-order valence-electron chi connectivity index (χ4n) is 2.80. The van der Waals surface area contributed by atoms with Crippen molar-refractivity contribution in [3.05, 3.63) is 35.4 Å². The Hall–Kier alpha value is -1.35. The van der Waals surface area contributed by atoms with E-state index in [9.17, 15) is 4.79 Å². The molecule has 1 heterocycles. The van der Waals surface area contributed by atoms with Crippen LogP contribution in [-0.2, 0) is 17.8 Å². The van der Waals surface area contributed by atoms with Gasteiger partial charge in [0, 0.05) is 12.6 Å². The zero-order valence-corrected chi connectivity index (χ0v) is 10.8. The van der Waals surface area contributed by atoms with Gasteiger partial charge >= 0.3 is 0 Å². The van der Waals surface area contributed by atoms with Crippen LogP contribution in [0.15, 0.2) is 24.3 Å². The molecule has 96 valence electrons. The Labute approximate surface area is 108 Å². The molecule has 1 aromatic rings. The Balaban J connectivity index is 1.60. The maximum Gasteiger partial charge on any atom is 0.237 e. The van der Waals surface area contributed by atoms with Crippen LogP contribution in [0, 0.1) is 5.92 Å². The van der Waals surface area contributed by atoms with Crippen LogP contribution in [0.2, 0.25) is 0 Å². The van der Waals surface area contributed by atoms with E-state index in [0.29, 0.717) is 12.0 Å². The molecule has 1 aliphatic carbocycles. The summed E-state index contributed by atoms with van der Waals surface area (Å²) in [6.45, 7) is 2.99. The summed E-state index contributed by atoms with van der Waals surface area (Å²) in [6.07, 6.45) is 3.14. The highest BCUT2D eigenvalue weighted by molar-refractivity contribution is 5.83. The molecule has 1 amide bonds. The molecule has 0 radical (unpaired) electrons. The zero-order valence-electron chi connectivity index (χ0n) is 10.8. The third-order valence-electron chi connectivity index (χ3n) is 4.17. The molecular weight excluding hydrogens is 224 g/mol. The zero-order chi connectivity index (χ0) is 12.5. The van der Waals surface area contributed by atoms with Crippen molar-refractivity contribution in [1.82, 2.24) is 10.6 Å². The molecule has 2 aliphatic rings. The lowest BCUT2D eigenvalue weighted by Gasteiger charge is -2.25. The minimum absolute atomic E-state index is 0.0574. The monoisotopic (exact) mass is 244 g/mol. The molecule has 0 bridgehead atoms. The number of hydrogen-bond acceptors (Lipinski definition) is 2. The van der Waals surface area contributed by atoms with Crippen molar-refractivity contribution in [1.29, 1.82) is 0 Å². The number of rotatable bonds is 3. The van der Waals surface area contributed by atoms with Crippen molar-refractivity contribution >= 4 is 5.91 Å². The molecule has 1 fully saturated rings. The van der Waals surface area contributed by atoms with E-state index in [-0.39, 0.29) is 11.9 Å². The van der Waals surface area contributed by atoms with Gasteiger partial charge in [-0.15, -0.1) is 0 Å². The van der Waals surface area contributed by atoms with Gasteiger partial charge in [0.1, 0.15) is 0 Å². The quantitative estimate of drug-likeness (QED) is 0.848. The van der Waals surface area contributed by atoms with E-state index in [1.165, 1.54) is 17.5 Å². The third kappa shape index (κ3) is 2.27. The van der Waals surface area contributed by atoms with Crippen molar-refractivity contribution in [3.8, 4) is 0 Å². The first kappa shape index (κ1) is 11.7. The van der Waals surface area contributed by atoms with Crippen LogP contribution < -0.4 is 10.6 Å². The molecule has 1 aromatic carbocycles. The number of fused-ring (bicyclic) bond motifs is 1. The first-order valence-electron chi connectivity index (χ1n) is 6.88. The Kier molecular flexibility index (Phi) is 3.08. The summed E-state index contributed by atoms with van der Waals surface area (Å²) in [5.41, 5.74) is 2.62. The summed E-state index contributed by atoms with van der Waals surface area (Å²) in [5, 5.41) is 6.48. The predicted octanol–water partition coefficient (Wildman–Crippen LogP) is 1.62. The maximum atomic E-state index is 12.1. The van der Waals surface area contributed by atoms with Crippen LogP contribution in [0.25, 0.3) is 0 Å². The van der Waals surface area contributed by atoms with Crippen molar-refractivity contribution in [2.24, 2.45) is 5.92 Å². The molecular formula is C15H20N2O. The highest BCUT2D eigenvalue weighted by atomic mass is 16.2. The fraction of sp³-hybridized carbons (Fsp3) is 0.533. The molecule has 3 heteroatoms. The number of benzene rings is 1. The molecule has 1 saturated carbocycles. The molecule has 18 heavy (non-hydrogen) atoms. The van der Waals surface area contributed by atoms with Gasteiger partial charge in [-0.2, -0.15) is 0 Å². The highest BCUT2D eigenvalue weighted by Gasteiger charge is 2.38. The van der Waals surface area contributed by atoms with E-state index in [1.807, 2.05) is 6.07 Å². The van der Waals surface area contributed by atoms with E-state index in [4.69, 9.17) is 0 Å². The molecule has 1 aliphatic heterocycles. The van der Waals surface area contributed by atoms with E-state index < -0.39 is 0 Å². The van der Waals surface area contributed by atoms with Gasteiger partial charge in [0.05, 0.1) is 6.04 Å². The van der Waals surface area contributed by atoms with Crippen molar-refractivity contribution < 1.29 is 4.79 Å². The smallest absolute Gasteiger partial charge is 0.237 e. The summed E-state index contributed by atoms with van der Waals surface area (Å²) < 4.78 is 0. The largest absolute Gasteiger partial charge is 0.352 e. The summed E-state index contributed by atoms with van der Waals surface area (Å²) in [7, 11) is 0. The summed E-state index contributed by atoms with van der Waals surface area (Å²) in [6, 6.07) is 8.73. The molecule has 3 rings (SSSR count). The van der Waals surface area contributed by atoms with Crippen LogP contribution in [0.1, 0.15) is 30.9 Å². The number of carbonyl (C=O) groups is 1. The van der Waals surface area contributed by atoms with Gasteiger partial charge < -0.3 is 10.6 Å². The standard InChI is InChI=1S/C15H20N2O/c1-2-10-7-13(10)17-15(18)14-8-11-5-3-4-6-12(11)9-16-14/h3-6,10,13-14,16H,2,7-9H2,1H3,(H,17,18)/t10?,13?,14-/m0/s1. The van der Waals surface area contributed by atoms with Crippen LogP contribution in [-0.4, -0.2) is 18.0 Å². The molecule has 0 saturated heterocycles. The van der Waals surface area contributed by atoms with Gasteiger partial charge in [0.15, 0.2) is 0 Å². The minimum atomic E-state index is -0.0574. The van der Waals surface area contributed by atoms with Crippen molar-refractivity contribution in [2.45, 2.75) is 44.8 Å². The van der Waals surface area contributed by atoms with Gasteiger partial charge in [-0.25, -0.2) is 0 Å².